The Morgan fingerprint density at radius 1 is 0.524 bits per heavy atom. The molecule has 0 rings (SSSR count). The largest absolute Gasteiger partial charge is 0.462 e. The normalized spacial score (nSPS) is 16.3. The molecule has 0 bridgehead atoms. The van der Waals surface area contributed by atoms with E-state index < -0.39 is 41.5 Å². The van der Waals surface area contributed by atoms with Crippen molar-refractivity contribution in [3.63, 3.8) is 0 Å². The Kier molecular flexibility index (Phi) is 4.53. The molecule has 2 nitrogen and oxygen atoms in total. The van der Waals surface area contributed by atoms with Crippen LogP contribution in [0.25, 0.3) is 0 Å². The number of rotatable bonds is 5. The van der Waals surface area contributed by atoms with Crippen LogP contribution < -0.4 is 5.32 Å². The van der Waals surface area contributed by atoms with Gasteiger partial charge in [-0.25, -0.2) is 0 Å². The molecule has 0 fully saturated rings. The van der Waals surface area contributed by atoms with Crippen molar-refractivity contribution in [1.82, 2.24) is 5.32 Å². The van der Waals surface area contributed by atoms with Gasteiger partial charge in [-0.15, -0.1) is 0 Å². The maximum atomic E-state index is 12.5. The van der Waals surface area contributed by atoms with Crippen LogP contribution in [-0.4, -0.2) is 41.3 Å². The molecule has 2 N–H and O–H groups in total. The molecule has 0 aliphatic carbocycles. The van der Waals surface area contributed by atoms with E-state index in [2.05, 4.69) is 0 Å². The van der Waals surface area contributed by atoms with Crippen molar-refractivity contribution >= 4 is 0 Å². The van der Waals surface area contributed by atoms with Gasteiger partial charge in [0.2, 0.25) is 0 Å². The number of aliphatic hydroxyl groups is 1. The minimum atomic E-state index is -7.75. The van der Waals surface area contributed by atoms with E-state index in [0.717, 1.165) is 0 Å². The van der Waals surface area contributed by atoms with Gasteiger partial charge >= 0.3 is 36.2 Å². The fourth-order valence-corrected chi connectivity index (χ4v) is 0.840. The van der Waals surface area contributed by atoms with Crippen LogP contribution >= 0.6 is 0 Å². The second kappa shape index (κ2) is 4.76. The zero-order chi connectivity index (χ0) is 17.7. The number of halogens is 13. The summed E-state index contributed by atoms with van der Waals surface area (Å²) in [5.41, 5.74) is 0. The van der Waals surface area contributed by atoms with Gasteiger partial charge < -0.3 is 5.11 Å². The van der Waals surface area contributed by atoms with Crippen molar-refractivity contribution < 1.29 is 62.2 Å². The van der Waals surface area contributed by atoms with Crippen LogP contribution in [0.5, 0.6) is 0 Å². The molecule has 0 atom stereocenters. The lowest BCUT2D eigenvalue weighted by Gasteiger charge is -2.37. The third-order valence-corrected chi connectivity index (χ3v) is 1.86. The van der Waals surface area contributed by atoms with Crippen LogP contribution in [0.15, 0.2) is 0 Å². The van der Waals surface area contributed by atoms with Gasteiger partial charge in [0.15, 0.2) is 0 Å². The van der Waals surface area contributed by atoms with Crippen LogP contribution in [0.4, 0.5) is 57.1 Å². The number of hydrogen-bond donors (Lipinski definition) is 2. The van der Waals surface area contributed by atoms with Crippen LogP contribution in [0, 0.1) is 0 Å². The van der Waals surface area contributed by atoms with Crippen molar-refractivity contribution in [2.24, 2.45) is 0 Å². The first-order valence-electron chi connectivity index (χ1n) is 4.18. The van der Waals surface area contributed by atoms with Gasteiger partial charge in [0.05, 0.1) is 0 Å². The number of alkyl halides is 13. The first kappa shape index (κ1) is 20.0. The van der Waals surface area contributed by atoms with Gasteiger partial charge in [0.25, 0.3) is 0 Å². The summed E-state index contributed by atoms with van der Waals surface area (Å²) >= 11 is 0. The molecule has 0 aromatic carbocycles. The summed E-state index contributed by atoms with van der Waals surface area (Å²) in [5.74, 6) is -22.9. The quantitative estimate of drug-likeness (QED) is 0.589. The summed E-state index contributed by atoms with van der Waals surface area (Å²) in [7, 11) is 0. The first-order chi connectivity index (χ1) is 8.71. The van der Waals surface area contributed by atoms with Crippen molar-refractivity contribution in [3.05, 3.63) is 0 Å². The molecular weight excluding hydrogens is 349 g/mol. The maximum absolute atomic E-state index is 12.5. The maximum Gasteiger partial charge on any atom is 0.462 e. The lowest BCUT2D eigenvalue weighted by molar-refractivity contribution is -0.445. The van der Waals surface area contributed by atoms with Crippen molar-refractivity contribution in [2.45, 2.75) is 36.2 Å². The van der Waals surface area contributed by atoms with Crippen LogP contribution in [-0.2, 0) is 0 Å². The molecule has 0 saturated carbocycles. The third-order valence-electron chi connectivity index (χ3n) is 1.86. The molecule has 21 heavy (non-hydrogen) atoms. The zero-order valence-electron chi connectivity index (χ0n) is 8.86. The molecule has 128 valence electrons. The van der Waals surface area contributed by atoms with E-state index in [-0.39, 0.29) is 0 Å². The molecule has 0 amide bonds. The number of nitrogens with one attached hydrogen (secondary N) is 1. The molecule has 0 heterocycles. The van der Waals surface area contributed by atoms with Crippen LogP contribution in [0.1, 0.15) is 0 Å². The number of hydrogen-bond acceptors (Lipinski definition) is 2. The summed E-state index contributed by atoms with van der Waals surface area (Å²) in [6.07, 6.45) is -13.4. The predicted octanol–water partition coefficient (Wildman–Crippen LogP) is 3.18. The Hall–Kier alpha value is -0.990. The van der Waals surface area contributed by atoms with Crippen LogP contribution in [0.2, 0.25) is 0 Å². The van der Waals surface area contributed by atoms with Gasteiger partial charge in [-0.3, -0.25) is 0 Å². The molecule has 0 saturated heterocycles. The van der Waals surface area contributed by atoms with Gasteiger partial charge in [0, 0.05) is 0 Å². The smallest absolute Gasteiger partial charge is 0.331 e. The lowest BCUT2D eigenvalue weighted by Crippen LogP contribution is -2.71. The standard InChI is InChI=1S/C6H2F13NO/c7-1(8,3(11,12)5(15,16)21)2(9,10)4(13,14)20-6(17,18)19/h20-21H. The zero-order valence-corrected chi connectivity index (χ0v) is 8.86. The molecule has 0 unspecified atom stereocenters. The van der Waals surface area contributed by atoms with Gasteiger partial charge in [0.1, 0.15) is 0 Å². The minimum absolute atomic E-state index is 1.36. The molecular formula is C6H2F13NO. The van der Waals surface area contributed by atoms with Crippen molar-refractivity contribution in [1.29, 1.82) is 0 Å². The summed E-state index contributed by atoms with van der Waals surface area (Å²) < 4.78 is 157. The predicted molar refractivity (Wildman–Crippen MR) is 36.1 cm³/mol. The molecule has 0 aliphatic rings. The molecule has 0 aliphatic heterocycles. The Morgan fingerprint density at radius 3 is 1.10 bits per heavy atom. The fourth-order valence-electron chi connectivity index (χ4n) is 0.840. The second-order valence-corrected chi connectivity index (χ2v) is 3.46. The highest BCUT2D eigenvalue weighted by molar-refractivity contribution is 5.05. The summed E-state index contributed by atoms with van der Waals surface area (Å²) in [4.78, 5) is 0. The molecule has 0 aromatic rings. The lowest BCUT2D eigenvalue weighted by atomic mass is 10.0. The fraction of sp³-hybridized carbons (Fsp3) is 1.00. The molecule has 0 spiro atoms. The Bertz CT molecular complexity index is 379. The van der Waals surface area contributed by atoms with E-state index in [1.807, 2.05) is 0 Å². The summed E-state index contributed by atoms with van der Waals surface area (Å²) in [6, 6.07) is -7.09. The van der Waals surface area contributed by atoms with Gasteiger partial charge in [-0.1, -0.05) is 0 Å². The van der Waals surface area contributed by atoms with E-state index in [9.17, 15) is 57.1 Å². The second-order valence-electron chi connectivity index (χ2n) is 3.46. The van der Waals surface area contributed by atoms with E-state index in [1.165, 1.54) is 0 Å². The summed E-state index contributed by atoms with van der Waals surface area (Å²) in [5, 5.41) is 6.00. The monoisotopic (exact) mass is 351 g/mol. The highest BCUT2D eigenvalue weighted by Crippen LogP contribution is 2.56. The first-order valence-corrected chi connectivity index (χ1v) is 4.18. The van der Waals surface area contributed by atoms with E-state index in [0.29, 0.717) is 0 Å². The van der Waals surface area contributed by atoms with Gasteiger partial charge in [-0.05, 0) is 0 Å². The molecule has 15 heteroatoms. The SMILES string of the molecule is OC(F)(F)C(F)(F)C(F)(F)C(F)(F)C(F)(F)NC(F)(F)F. The highest BCUT2D eigenvalue weighted by atomic mass is 19.4. The van der Waals surface area contributed by atoms with Gasteiger partial charge in [-0.2, -0.15) is 62.4 Å². The van der Waals surface area contributed by atoms with Crippen LogP contribution in [0.3, 0.4) is 0 Å². The Morgan fingerprint density at radius 2 is 0.857 bits per heavy atom. The molecule has 0 radical (unpaired) electrons. The molecule has 0 aromatic heterocycles. The van der Waals surface area contributed by atoms with E-state index in [1.54, 1.807) is 0 Å². The average molecular weight is 351 g/mol. The van der Waals surface area contributed by atoms with E-state index in [4.69, 9.17) is 5.11 Å². The summed E-state index contributed by atoms with van der Waals surface area (Å²) in [6.45, 7) is 0. The van der Waals surface area contributed by atoms with Crippen molar-refractivity contribution in [2.75, 3.05) is 0 Å². The third kappa shape index (κ3) is 3.27. The minimum Gasteiger partial charge on any atom is -0.331 e. The average Bonchev–Trinajstić information content (AvgIpc) is 2.10. The Labute approximate surface area is 105 Å². The van der Waals surface area contributed by atoms with E-state index >= 15 is 0 Å². The topological polar surface area (TPSA) is 32.3 Å². The Balaban J connectivity index is 5.89. The van der Waals surface area contributed by atoms with Crippen molar-refractivity contribution in [3.8, 4) is 0 Å². The highest BCUT2D eigenvalue weighted by Gasteiger charge is 2.87.